The highest BCUT2D eigenvalue weighted by Crippen LogP contribution is 2.43. The van der Waals surface area contributed by atoms with Crippen LogP contribution in [0.15, 0.2) is 53.6 Å². The number of ether oxygens (including phenoxy) is 2. The first-order valence-corrected chi connectivity index (χ1v) is 23.6. The zero-order valence-electron chi connectivity index (χ0n) is 34.6. The number of nitrogens with zero attached hydrogens (tertiary/aromatic N) is 6. The second-order valence-electron chi connectivity index (χ2n) is 16.2. The number of methoxy groups -OCH3 is 1. The van der Waals surface area contributed by atoms with Crippen LogP contribution < -0.4 is 15.6 Å². The molecule has 17 heteroatoms. The first kappa shape index (κ1) is 44.1. The zero-order valence-corrected chi connectivity index (χ0v) is 37.9. The first-order valence-electron chi connectivity index (χ1n) is 19.5. The molecular formula is C42H50Cl3N7O6Si. The fourth-order valence-corrected chi connectivity index (χ4v) is 8.33. The van der Waals surface area contributed by atoms with Gasteiger partial charge in [-0.2, -0.15) is 5.10 Å². The van der Waals surface area contributed by atoms with Gasteiger partial charge in [-0.25, -0.2) is 14.3 Å². The molecule has 6 rings (SSSR count). The first-order chi connectivity index (χ1) is 27.9. The van der Waals surface area contributed by atoms with Crippen LogP contribution in [0.4, 0.5) is 4.79 Å². The van der Waals surface area contributed by atoms with Crippen molar-refractivity contribution >= 4 is 60.6 Å². The van der Waals surface area contributed by atoms with Gasteiger partial charge in [-0.1, -0.05) is 87.1 Å². The van der Waals surface area contributed by atoms with E-state index in [4.69, 9.17) is 58.8 Å². The molecule has 2 amide bonds. The predicted octanol–water partition coefficient (Wildman–Crippen LogP) is 9.33. The maximum atomic E-state index is 13.5. The Labute approximate surface area is 360 Å². The normalized spacial score (nSPS) is 14.5. The van der Waals surface area contributed by atoms with Crippen molar-refractivity contribution < 1.29 is 23.5 Å². The number of rotatable bonds is 14. The van der Waals surface area contributed by atoms with Gasteiger partial charge in [-0.15, -0.1) is 0 Å². The number of hydrogen-bond donors (Lipinski definition) is 1. The molecular weight excluding hydrogens is 833 g/mol. The van der Waals surface area contributed by atoms with E-state index >= 15 is 0 Å². The molecule has 0 spiro atoms. The Morgan fingerprint density at radius 1 is 1.07 bits per heavy atom. The number of nitrogens with one attached hydrogen (secondary N) is 1. The predicted molar refractivity (Wildman–Crippen MR) is 234 cm³/mol. The molecule has 0 radical (unpaired) electrons. The number of pyridine rings is 2. The summed E-state index contributed by atoms with van der Waals surface area (Å²) in [6, 6.07) is 10.4. The van der Waals surface area contributed by atoms with Crippen molar-refractivity contribution in [2.45, 2.75) is 90.7 Å². The third-order valence-corrected chi connectivity index (χ3v) is 16.7. The van der Waals surface area contributed by atoms with Crippen LogP contribution in [-0.4, -0.2) is 75.7 Å². The minimum absolute atomic E-state index is 0.000767. The summed E-state index contributed by atoms with van der Waals surface area (Å²) in [6.45, 7) is 13.6. The van der Waals surface area contributed by atoms with E-state index in [0.29, 0.717) is 78.5 Å². The number of carbonyl (C=O) groups excluding carboxylic acids is 2. The van der Waals surface area contributed by atoms with E-state index in [2.05, 4.69) is 44.2 Å². The Bertz CT molecular complexity index is 2450. The van der Waals surface area contributed by atoms with Gasteiger partial charge in [0, 0.05) is 60.7 Å². The summed E-state index contributed by atoms with van der Waals surface area (Å²) < 4.78 is 20.7. The van der Waals surface area contributed by atoms with Crippen LogP contribution in [0.3, 0.4) is 0 Å². The summed E-state index contributed by atoms with van der Waals surface area (Å²) >= 11 is 21.2. The molecule has 1 aromatic carbocycles. The Hall–Kier alpha value is -4.47. The van der Waals surface area contributed by atoms with Gasteiger partial charge in [0.1, 0.15) is 5.52 Å². The van der Waals surface area contributed by atoms with Crippen LogP contribution in [0.25, 0.3) is 39.2 Å². The fraction of sp³-hybridized carbons (Fsp3) is 0.429. The molecule has 314 valence electrons. The van der Waals surface area contributed by atoms with Crippen molar-refractivity contribution in [2.24, 2.45) is 7.05 Å². The Morgan fingerprint density at radius 2 is 1.80 bits per heavy atom. The van der Waals surface area contributed by atoms with Crippen LogP contribution in [0.2, 0.25) is 33.2 Å². The molecule has 1 N–H and O–H groups in total. The van der Waals surface area contributed by atoms with Gasteiger partial charge in [-0.05, 0) is 49.2 Å². The molecule has 1 aliphatic rings. The van der Waals surface area contributed by atoms with Gasteiger partial charge in [0.2, 0.25) is 11.8 Å². The Balaban J connectivity index is 1.31. The Kier molecular flexibility index (Phi) is 13.5. The number of unbranched alkanes of at least 4 members (excludes halogenated alkanes) is 1. The lowest BCUT2D eigenvalue weighted by Gasteiger charge is -2.36. The van der Waals surface area contributed by atoms with E-state index in [9.17, 15) is 14.4 Å². The summed E-state index contributed by atoms with van der Waals surface area (Å²) in [6.07, 6.45) is 5.44. The second kappa shape index (κ2) is 18.0. The summed E-state index contributed by atoms with van der Waals surface area (Å²) in [5, 5.41) is 8.64. The highest BCUT2D eigenvalue weighted by molar-refractivity contribution is 6.74. The van der Waals surface area contributed by atoms with Crippen molar-refractivity contribution in [3.63, 3.8) is 0 Å². The van der Waals surface area contributed by atoms with E-state index < -0.39 is 14.4 Å². The molecule has 4 aromatic heterocycles. The molecule has 1 unspecified atom stereocenters. The van der Waals surface area contributed by atoms with E-state index in [1.54, 1.807) is 42.2 Å². The average Bonchev–Trinajstić information content (AvgIpc) is 3.81. The number of hydrogen-bond acceptors (Lipinski definition) is 9. The molecule has 0 saturated carbocycles. The minimum Gasteiger partial charge on any atom is -0.481 e. The molecule has 59 heavy (non-hydrogen) atoms. The van der Waals surface area contributed by atoms with Gasteiger partial charge in [0.05, 0.1) is 58.9 Å². The van der Waals surface area contributed by atoms with Gasteiger partial charge < -0.3 is 24.1 Å². The van der Waals surface area contributed by atoms with Gasteiger partial charge in [-0.3, -0.25) is 19.1 Å². The number of amides is 2. The van der Waals surface area contributed by atoms with Crippen molar-refractivity contribution in [3.8, 4) is 39.5 Å². The van der Waals surface area contributed by atoms with E-state index in [1.165, 1.54) is 16.6 Å². The van der Waals surface area contributed by atoms with Crippen molar-refractivity contribution in [1.82, 2.24) is 34.4 Å². The zero-order chi connectivity index (χ0) is 42.8. The number of aromatic nitrogens is 5. The lowest BCUT2D eigenvalue weighted by Crippen LogP contribution is -2.42. The van der Waals surface area contributed by atoms with E-state index in [-0.39, 0.29) is 54.7 Å². The monoisotopic (exact) mass is 881 g/mol. The topological polar surface area (TPSA) is 142 Å². The number of carbonyl (C=O) groups is 2. The van der Waals surface area contributed by atoms with Crippen molar-refractivity contribution in [1.29, 1.82) is 0 Å². The summed E-state index contributed by atoms with van der Waals surface area (Å²) in [5.41, 5.74) is 3.87. The summed E-state index contributed by atoms with van der Waals surface area (Å²) in [7, 11) is 1.07. The SMILES string of the molecule is CCCCOC(=O)N(Cc1c(Cl)cc(-c2cccc(-c3ccnc(-c4cc5c(=O)n(C)c(CO[Si](C)(C)C(C)(C)C)nn5c4)c3Cl)c2Cl)nc1OC)CC1CCC(=O)N1. The Morgan fingerprint density at radius 3 is 2.47 bits per heavy atom. The summed E-state index contributed by atoms with van der Waals surface area (Å²) in [4.78, 5) is 49.6. The van der Waals surface area contributed by atoms with Gasteiger partial charge in [0.15, 0.2) is 14.1 Å². The molecule has 0 bridgehead atoms. The third-order valence-electron chi connectivity index (χ3n) is 11.1. The van der Waals surface area contributed by atoms with Gasteiger partial charge >= 0.3 is 6.09 Å². The molecule has 1 atom stereocenters. The molecule has 1 aliphatic heterocycles. The highest BCUT2D eigenvalue weighted by atomic mass is 35.5. The van der Waals surface area contributed by atoms with Crippen LogP contribution in [0.5, 0.6) is 5.88 Å². The maximum Gasteiger partial charge on any atom is 0.410 e. The third kappa shape index (κ3) is 9.47. The number of benzene rings is 1. The molecule has 13 nitrogen and oxygen atoms in total. The maximum absolute atomic E-state index is 13.5. The molecule has 1 fully saturated rings. The average molecular weight is 883 g/mol. The molecule has 1 saturated heterocycles. The minimum atomic E-state index is -2.10. The lowest BCUT2D eigenvalue weighted by atomic mass is 10.00. The van der Waals surface area contributed by atoms with E-state index in [1.807, 2.05) is 25.1 Å². The number of fused-ring (bicyclic) bond motifs is 1. The molecule has 5 aromatic rings. The largest absolute Gasteiger partial charge is 0.481 e. The van der Waals surface area contributed by atoms with E-state index in [0.717, 1.165) is 12.8 Å². The molecule has 5 heterocycles. The van der Waals surface area contributed by atoms with Crippen LogP contribution >= 0.6 is 34.8 Å². The molecule has 0 aliphatic carbocycles. The highest BCUT2D eigenvalue weighted by Gasteiger charge is 2.37. The summed E-state index contributed by atoms with van der Waals surface area (Å²) in [5.74, 6) is 0.653. The smallest absolute Gasteiger partial charge is 0.410 e. The van der Waals surface area contributed by atoms with Crippen molar-refractivity contribution in [3.05, 3.63) is 85.6 Å². The van der Waals surface area contributed by atoms with Crippen molar-refractivity contribution in [2.75, 3.05) is 20.3 Å². The van der Waals surface area contributed by atoms with Crippen LogP contribution in [0, 0.1) is 0 Å². The van der Waals surface area contributed by atoms with Crippen LogP contribution in [0.1, 0.15) is 64.8 Å². The number of halogens is 3. The second-order valence-corrected chi connectivity index (χ2v) is 22.2. The quantitative estimate of drug-likeness (QED) is 0.0853. The van der Waals surface area contributed by atoms with Crippen LogP contribution in [-0.2, 0) is 34.2 Å². The lowest BCUT2D eigenvalue weighted by molar-refractivity contribution is -0.119. The standard InChI is InChI=1S/C42H50Cl3N7O6Si/c1-9-10-18-57-41(55)51(22-26-14-15-35(53)47-26)23-30-31(43)20-32(48-39(30)56-6)29-13-11-12-27(36(29)44)28-16-17-46-38(37(28)45)25-19-33-40(54)50(5)34(49-52(33)21-25)24-58-59(7,8)42(2,3)4/h11-13,16-17,19-21,26H,9-10,14-15,18,22-24H2,1-8H3,(H,47,53). The van der Waals surface area contributed by atoms with Gasteiger partial charge in [0.25, 0.3) is 5.56 Å². The fourth-order valence-electron chi connectivity index (χ4n) is 6.52.